The van der Waals surface area contributed by atoms with Gasteiger partial charge in [-0.1, -0.05) is 103 Å². The van der Waals surface area contributed by atoms with E-state index in [1.54, 1.807) is 0 Å². The average molecular weight is 457 g/mol. The molecule has 3 aromatic rings. The first-order chi connectivity index (χ1) is 13.5. The fraction of sp³-hybridized carbons (Fsp3) is 0.348. The molecule has 1 unspecified atom stereocenters. The second kappa shape index (κ2) is 9.68. The van der Waals surface area contributed by atoms with Gasteiger partial charge in [-0.3, -0.25) is 0 Å². The van der Waals surface area contributed by atoms with Crippen molar-refractivity contribution in [1.82, 2.24) is 5.16 Å². The van der Waals surface area contributed by atoms with Crippen molar-refractivity contribution >= 4 is 35.3 Å². The van der Waals surface area contributed by atoms with Gasteiger partial charge in [-0.15, -0.1) is 0 Å². The zero-order valence-electron chi connectivity index (χ0n) is 16.7. The van der Waals surface area contributed by atoms with Gasteiger partial charge in [0.25, 0.3) is 9.04 Å². The molecule has 28 heavy (non-hydrogen) atoms. The van der Waals surface area contributed by atoms with Gasteiger partial charge in [-0.05, 0) is 22.2 Å². The van der Waals surface area contributed by atoms with E-state index in [0.717, 1.165) is 24.3 Å². The maximum absolute atomic E-state index is 6.87. The number of hydrogen-bond acceptors (Lipinski definition) is 3. The fourth-order valence-corrected chi connectivity index (χ4v) is 5.72. The summed E-state index contributed by atoms with van der Waals surface area (Å²) in [5, 5.41) is 7.33. The molecule has 0 spiro atoms. The van der Waals surface area contributed by atoms with Crippen molar-refractivity contribution in [3.8, 4) is 0 Å². The van der Waals surface area contributed by atoms with Crippen molar-refractivity contribution in [3.63, 3.8) is 0 Å². The lowest BCUT2D eigenvalue weighted by Crippen LogP contribution is -2.49. The van der Waals surface area contributed by atoms with Gasteiger partial charge in [0.1, 0.15) is 5.76 Å². The topological polar surface area (TPSA) is 35.3 Å². The number of halogens is 1. The summed E-state index contributed by atoms with van der Waals surface area (Å²) in [7, 11) is -1.34. The highest BCUT2D eigenvalue weighted by Crippen LogP contribution is 2.27. The molecule has 0 fully saturated rings. The van der Waals surface area contributed by atoms with E-state index < -0.39 is 9.04 Å². The zero-order chi connectivity index (χ0) is 20.0. The van der Waals surface area contributed by atoms with Crippen LogP contribution in [0, 0.1) is 5.41 Å². The van der Waals surface area contributed by atoms with E-state index in [0.29, 0.717) is 5.33 Å². The molecule has 5 heteroatoms. The maximum Gasteiger partial charge on any atom is 0.283 e. The molecular weight excluding hydrogens is 430 g/mol. The van der Waals surface area contributed by atoms with Crippen LogP contribution >= 0.6 is 15.9 Å². The molecule has 0 aliphatic heterocycles. The van der Waals surface area contributed by atoms with Gasteiger partial charge in [0.05, 0.1) is 11.8 Å². The summed E-state index contributed by atoms with van der Waals surface area (Å²) < 4.78 is 12.3. The van der Waals surface area contributed by atoms with Gasteiger partial charge in [-0.25, -0.2) is 0 Å². The van der Waals surface area contributed by atoms with Crippen LogP contribution in [-0.2, 0) is 16.2 Å². The molecule has 0 aliphatic carbocycles. The zero-order valence-corrected chi connectivity index (χ0v) is 19.3. The first-order valence-corrected chi connectivity index (χ1v) is 12.1. The Morgan fingerprint density at radius 3 is 2.04 bits per heavy atom. The second-order valence-electron chi connectivity index (χ2n) is 7.99. The van der Waals surface area contributed by atoms with E-state index in [9.17, 15) is 0 Å². The third-order valence-corrected chi connectivity index (χ3v) is 7.51. The van der Waals surface area contributed by atoms with Crippen LogP contribution in [0.4, 0.5) is 0 Å². The van der Waals surface area contributed by atoms with Gasteiger partial charge >= 0.3 is 0 Å². The molecule has 0 saturated heterocycles. The minimum absolute atomic E-state index is 0.0255. The third kappa shape index (κ3) is 5.66. The number of benzene rings is 2. The van der Waals surface area contributed by atoms with Crippen LogP contribution in [0.2, 0.25) is 0 Å². The monoisotopic (exact) mass is 456 g/mol. The van der Waals surface area contributed by atoms with E-state index >= 15 is 0 Å². The standard InChI is InChI=1S/C23H27BrNO2Si/c1-23(2,3)22(15-14-19-16-18(17-24)25-26-19)27-28(20-10-6-4-7-11-20)21-12-8-5-9-13-21/h4-13,16,22H,14-15,17H2,1-3H3. The van der Waals surface area contributed by atoms with Crippen LogP contribution in [-0.4, -0.2) is 20.3 Å². The predicted molar refractivity (Wildman–Crippen MR) is 120 cm³/mol. The predicted octanol–water partition coefficient (Wildman–Crippen LogP) is 4.74. The smallest absolute Gasteiger partial charge is 0.283 e. The van der Waals surface area contributed by atoms with Crippen LogP contribution in [0.15, 0.2) is 71.3 Å². The summed E-state index contributed by atoms with van der Waals surface area (Å²) in [4.78, 5) is 0. The number of nitrogens with zero attached hydrogens (tertiary/aromatic N) is 1. The number of rotatable bonds is 8. The van der Waals surface area contributed by atoms with Crippen LogP contribution in [0.25, 0.3) is 0 Å². The molecule has 2 aromatic carbocycles. The highest BCUT2D eigenvalue weighted by atomic mass is 79.9. The molecule has 147 valence electrons. The quantitative estimate of drug-likeness (QED) is 0.362. The number of aromatic nitrogens is 1. The minimum atomic E-state index is -1.34. The van der Waals surface area contributed by atoms with E-state index in [1.165, 1.54) is 10.4 Å². The van der Waals surface area contributed by atoms with Gasteiger partial charge in [0, 0.05) is 17.8 Å². The lowest BCUT2D eigenvalue weighted by Gasteiger charge is -2.34. The molecule has 0 bridgehead atoms. The summed E-state index contributed by atoms with van der Waals surface area (Å²) in [5.74, 6) is 0.917. The molecule has 1 heterocycles. The van der Waals surface area contributed by atoms with E-state index in [2.05, 4.69) is 103 Å². The van der Waals surface area contributed by atoms with E-state index in [1.807, 2.05) is 6.07 Å². The molecule has 0 aliphatic rings. The highest BCUT2D eigenvalue weighted by molar-refractivity contribution is 9.08. The van der Waals surface area contributed by atoms with Crippen molar-refractivity contribution in [2.45, 2.75) is 45.0 Å². The summed E-state index contributed by atoms with van der Waals surface area (Å²) in [5.41, 5.74) is 0.958. The van der Waals surface area contributed by atoms with Crippen LogP contribution in [0.5, 0.6) is 0 Å². The second-order valence-corrected chi connectivity index (χ2v) is 10.6. The molecule has 0 N–H and O–H groups in total. The number of aryl methyl sites for hydroxylation is 1. The summed E-state index contributed by atoms with van der Waals surface area (Å²) in [6.45, 7) is 6.74. The molecule has 3 rings (SSSR count). The molecule has 3 nitrogen and oxygen atoms in total. The average Bonchev–Trinajstić information content (AvgIpc) is 3.16. The Morgan fingerprint density at radius 1 is 1.00 bits per heavy atom. The Bertz CT molecular complexity index is 806. The number of alkyl halides is 1. The molecule has 0 saturated carbocycles. The number of hydrogen-bond donors (Lipinski definition) is 0. The first-order valence-electron chi connectivity index (χ1n) is 9.62. The lowest BCUT2D eigenvalue weighted by atomic mass is 9.86. The normalized spacial score (nSPS) is 13.0. The van der Waals surface area contributed by atoms with Crippen molar-refractivity contribution < 1.29 is 8.95 Å². The maximum atomic E-state index is 6.87. The Kier molecular flexibility index (Phi) is 7.27. The fourth-order valence-electron chi connectivity index (χ4n) is 3.10. The molecule has 1 atom stereocenters. The minimum Gasteiger partial charge on any atom is -0.404 e. The summed E-state index contributed by atoms with van der Waals surface area (Å²) >= 11 is 3.42. The van der Waals surface area contributed by atoms with Crippen molar-refractivity contribution in [1.29, 1.82) is 0 Å². The van der Waals surface area contributed by atoms with Crippen molar-refractivity contribution in [3.05, 3.63) is 78.2 Å². The van der Waals surface area contributed by atoms with Crippen LogP contribution in [0.3, 0.4) is 0 Å². The molecule has 1 radical (unpaired) electrons. The molecule has 1 aromatic heterocycles. The third-order valence-electron chi connectivity index (χ3n) is 4.70. The van der Waals surface area contributed by atoms with Gasteiger partial charge in [0.2, 0.25) is 0 Å². The van der Waals surface area contributed by atoms with Gasteiger partial charge < -0.3 is 8.95 Å². The Hall–Kier alpha value is -1.69. The lowest BCUT2D eigenvalue weighted by molar-refractivity contribution is 0.0799. The summed E-state index contributed by atoms with van der Waals surface area (Å²) in [6, 6.07) is 23.2. The van der Waals surface area contributed by atoms with Crippen LogP contribution in [0.1, 0.15) is 38.6 Å². The largest absolute Gasteiger partial charge is 0.404 e. The van der Waals surface area contributed by atoms with Gasteiger partial charge in [-0.2, -0.15) is 0 Å². The molecule has 0 amide bonds. The van der Waals surface area contributed by atoms with Gasteiger partial charge in [0.15, 0.2) is 0 Å². The Balaban J connectivity index is 1.81. The van der Waals surface area contributed by atoms with E-state index in [-0.39, 0.29) is 11.5 Å². The van der Waals surface area contributed by atoms with Crippen LogP contribution < -0.4 is 10.4 Å². The van der Waals surface area contributed by atoms with Crippen molar-refractivity contribution in [2.75, 3.05) is 0 Å². The SMILES string of the molecule is CC(C)(C)C(CCc1cc(CBr)no1)O[Si](c1ccccc1)c1ccccc1. The first kappa shape index (κ1) is 21.0. The Labute approximate surface area is 178 Å². The van der Waals surface area contributed by atoms with Crippen molar-refractivity contribution in [2.24, 2.45) is 5.41 Å². The Morgan fingerprint density at radius 2 is 1.57 bits per heavy atom. The molecular formula is C23H27BrNO2Si. The summed E-state index contributed by atoms with van der Waals surface area (Å²) in [6.07, 6.45) is 1.83. The van der Waals surface area contributed by atoms with E-state index in [4.69, 9.17) is 8.95 Å². The highest BCUT2D eigenvalue weighted by Gasteiger charge is 2.31.